The first kappa shape index (κ1) is 18.1. The molecule has 5 nitrogen and oxygen atoms in total. The number of hydrogen-bond acceptors (Lipinski definition) is 4. The standard InChI is InChI=1S/C19H22BrNO4/c20-13-7-9-14(10-8-13)21-18(22)16-5-1-2-6-17(16)19(23)25-12-15-4-3-11-24-15/h1-2,7-10,15-17H,3-6,11-12H2,(H,21,22)/t15-,16+,17-/m0/s1. The molecule has 134 valence electrons. The minimum Gasteiger partial charge on any atom is -0.463 e. The average Bonchev–Trinajstić information content (AvgIpc) is 3.15. The Morgan fingerprint density at radius 1 is 1.16 bits per heavy atom. The first-order chi connectivity index (χ1) is 12.1. The molecule has 2 aliphatic rings. The van der Waals surface area contributed by atoms with Crippen molar-refractivity contribution in [2.24, 2.45) is 11.8 Å². The van der Waals surface area contributed by atoms with Crippen LogP contribution in [0.1, 0.15) is 25.7 Å². The topological polar surface area (TPSA) is 64.6 Å². The van der Waals surface area contributed by atoms with E-state index in [0.29, 0.717) is 18.5 Å². The molecular weight excluding hydrogens is 386 g/mol. The highest BCUT2D eigenvalue weighted by molar-refractivity contribution is 9.10. The molecule has 1 aliphatic heterocycles. The fourth-order valence-electron chi connectivity index (χ4n) is 3.19. The van der Waals surface area contributed by atoms with Crippen LogP contribution in [0.2, 0.25) is 0 Å². The molecule has 25 heavy (non-hydrogen) atoms. The molecule has 1 aliphatic carbocycles. The Bertz CT molecular complexity index is 637. The van der Waals surface area contributed by atoms with E-state index in [0.717, 1.165) is 23.9 Å². The number of esters is 1. The van der Waals surface area contributed by atoms with Gasteiger partial charge in [-0.2, -0.15) is 0 Å². The van der Waals surface area contributed by atoms with E-state index in [1.807, 2.05) is 36.4 Å². The lowest BCUT2D eigenvalue weighted by molar-refractivity contribution is -0.155. The molecule has 6 heteroatoms. The molecule has 0 unspecified atom stereocenters. The van der Waals surface area contributed by atoms with Gasteiger partial charge in [0, 0.05) is 16.8 Å². The van der Waals surface area contributed by atoms with E-state index in [1.54, 1.807) is 0 Å². The molecule has 1 aromatic rings. The lowest BCUT2D eigenvalue weighted by Gasteiger charge is -2.26. The minimum absolute atomic E-state index is 0.00174. The van der Waals surface area contributed by atoms with E-state index in [2.05, 4.69) is 21.2 Å². The number of carbonyl (C=O) groups is 2. The number of carbonyl (C=O) groups excluding carboxylic acids is 2. The van der Waals surface area contributed by atoms with Crippen LogP contribution in [0.5, 0.6) is 0 Å². The zero-order valence-corrected chi connectivity index (χ0v) is 15.5. The van der Waals surface area contributed by atoms with E-state index in [-0.39, 0.29) is 24.6 Å². The molecule has 1 N–H and O–H groups in total. The predicted molar refractivity (Wildman–Crippen MR) is 98.1 cm³/mol. The second kappa shape index (κ2) is 8.63. The average molecular weight is 408 g/mol. The summed E-state index contributed by atoms with van der Waals surface area (Å²) in [5, 5.41) is 2.89. The third-order valence-electron chi connectivity index (χ3n) is 4.62. The normalized spacial score (nSPS) is 25.6. The van der Waals surface area contributed by atoms with Gasteiger partial charge in [-0.05, 0) is 49.9 Å². The van der Waals surface area contributed by atoms with E-state index < -0.39 is 11.8 Å². The highest BCUT2D eigenvalue weighted by Crippen LogP contribution is 2.29. The summed E-state index contributed by atoms with van der Waals surface area (Å²) in [7, 11) is 0. The number of rotatable bonds is 5. The maximum atomic E-state index is 12.6. The van der Waals surface area contributed by atoms with Crippen LogP contribution in [0, 0.1) is 11.8 Å². The maximum absolute atomic E-state index is 12.6. The fraction of sp³-hybridized carbons (Fsp3) is 0.474. The second-order valence-corrected chi connectivity index (χ2v) is 7.33. The number of anilines is 1. The van der Waals surface area contributed by atoms with Crippen LogP contribution in [0.4, 0.5) is 5.69 Å². The van der Waals surface area contributed by atoms with Gasteiger partial charge in [-0.3, -0.25) is 9.59 Å². The smallest absolute Gasteiger partial charge is 0.310 e. The van der Waals surface area contributed by atoms with Crippen LogP contribution in [-0.2, 0) is 19.1 Å². The van der Waals surface area contributed by atoms with Gasteiger partial charge < -0.3 is 14.8 Å². The van der Waals surface area contributed by atoms with E-state index in [1.165, 1.54) is 0 Å². The molecule has 1 saturated heterocycles. The molecular formula is C19H22BrNO4. The van der Waals surface area contributed by atoms with E-state index in [4.69, 9.17) is 9.47 Å². The fourth-order valence-corrected chi connectivity index (χ4v) is 3.45. The van der Waals surface area contributed by atoms with Gasteiger partial charge in [0.2, 0.25) is 5.91 Å². The van der Waals surface area contributed by atoms with Crippen molar-refractivity contribution < 1.29 is 19.1 Å². The summed E-state index contributed by atoms with van der Waals surface area (Å²) < 4.78 is 11.9. The molecule has 0 saturated carbocycles. The van der Waals surface area contributed by atoms with Crippen LogP contribution in [0.25, 0.3) is 0 Å². The Morgan fingerprint density at radius 3 is 2.56 bits per heavy atom. The highest BCUT2D eigenvalue weighted by atomic mass is 79.9. The predicted octanol–water partition coefficient (Wildman–Crippen LogP) is 3.69. The van der Waals surface area contributed by atoms with Crippen LogP contribution in [-0.4, -0.2) is 31.2 Å². The minimum atomic E-state index is -0.443. The number of nitrogens with one attached hydrogen (secondary N) is 1. The van der Waals surface area contributed by atoms with Crippen LogP contribution in [0.3, 0.4) is 0 Å². The first-order valence-corrected chi connectivity index (χ1v) is 9.42. The van der Waals surface area contributed by atoms with Gasteiger partial charge >= 0.3 is 5.97 Å². The number of benzene rings is 1. The quantitative estimate of drug-likeness (QED) is 0.596. The Kier molecular flexibility index (Phi) is 6.26. The maximum Gasteiger partial charge on any atom is 0.310 e. The summed E-state index contributed by atoms with van der Waals surface area (Å²) in [6.07, 6.45) is 6.90. The molecule has 0 radical (unpaired) electrons. The van der Waals surface area contributed by atoms with Gasteiger partial charge in [0.05, 0.1) is 17.9 Å². The van der Waals surface area contributed by atoms with E-state index in [9.17, 15) is 9.59 Å². The first-order valence-electron chi connectivity index (χ1n) is 8.63. The number of amides is 1. The SMILES string of the molecule is O=C(OC[C@@H]1CCCO1)[C@H]1CC=CC[C@H]1C(=O)Nc1ccc(Br)cc1. The zero-order valence-electron chi connectivity index (χ0n) is 13.9. The summed E-state index contributed by atoms with van der Waals surface area (Å²) in [4.78, 5) is 25.1. The summed E-state index contributed by atoms with van der Waals surface area (Å²) in [5.74, 6) is -1.31. The van der Waals surface area contributed by atoms with Gasteiger partial charge in [0.15, 0.2) is 0 Å². The van der Waals surface area contributed by atoms with Crippen molar-refractivity contribution in [3.8, 4) is 0 Å². The van der Waals surface area contributed by atoms with Crippen molar-refractivity contribution in [1.82, 2.24) is 0 Å². The molecule has 3 rings (SSSR count). The molecule has 1 heterocycles. The largest absolute Gasteiger partial charge is 0.463 e. The summed E-state index contributed by atoms with van der Waals surface area (Å²) in [6.45, 7) is 1.01. The molecule has 0 bridgehead atoms. The van der Waals surface area contributed by atoms with Crippen molar-refractivity contribution in [3.05, 3.63) is 40.9 Å². The van der Waals surface area contributed by atoms with Crippen molar-refractivity contribution in [2.75, 3.05) is 18.5 Å². The van der Waals surface area contributed by atoms with E-state index >= 15 is 0 Å². The van der Waals surface area contributed by atoms with Gasteiger partial charge in [-0.25, -0.2) is 0 Å². The van der Waals surface area contributed by atoms with Crippen LogP contribution >= 0.6 is 15.9 Å². The Morgan fingerprint density at radius 2 is 1.88 bits per heavy atom. The molecule has 0 spiro atoms. The summed E-state index contributed by atoms with van der Waals surface area (Å²) in [5.41, 5.74) is 0.717. The Labute approximate surface area is 155 Å². The zero-order chi connectivity index (χ0) is 17.6. The van der Waals surface area contributed by atoms with Gasteiger partial charge in [0.1, 0.15) is 6.61 Å². The highest BCUT2D eigenvalue weighted by Gasteiger charge is 2.35. The summed E-state index contributed by atoms with van der Waals surface area (Å²) >= 11 is 3.37. The number of allylic oxidation sites excluding steroid dienone is 2. The number of ether oxygens (including phenoxy) is 2. The number of halogens is 1. The third-order valence-corrected chi connectivity index (χ3v) is 5.15. The summed E-state index contributed by atoms with van der Waals surface area (Å²) in [6, 6.07) is 7.38. The van der Waals surface area contributed by atoms with Crippen molar-refractivity contribution in [1.29, 1.82) is 0 Å². The van der Waals surface area contributed by atoms with Crippen molar-refractivity contribution in [3.63, 3.8) is 0 Å². The lowest BCUT2D eigenvalue weighted by atomic mass is 9.82. The molecule has 3 atom stereocenters. The van der Waals surface area contributed by atoms with Crippen molar-refractivity contribution in [2.45, 2.75) is 31.8 Å². The third kappa shape index (κ3) is 4.92. The second-order valence-electron chi connectivity index (χ2n) is 6.42. The monoisotopic (exact) mass is 407 g/mol. The van der Waals surface area contributed by atoms with Gasteiger partial charge in [-0.1, -0.05) is 28.1 Å². The Balaban J connectivity index is 1.59. The molecule has 1 amide bonds. The van der Waals surface area contributed by atoms with Gasteiger partial charge in [0.25, 0.3) is 0 Å². The molecule has 1 fully saturated rings. The van der Waals surface area contributed by atoms with Crippen molar-refractivity contribution >= 4 is 33.5 Å². The molecule has 0 aromatic heterocycles. The van der Waals surface area contributed by atoms with Crippen LogP contribution in [0.15, 0.2) is 40.9 Å². The number of hydrogen-bond donors (Lipinski definition) is 1. The lowest BCUT2D eigenvalue weighted by Crippen LogP contribution is -2.36. The van der Waals surface area contributed by atoms with Crippen LogP contribution < -0.4 is 5.32 Å². The Hall–Kier alpha value is -1.66. The van der Waals surface area contributed by atoms with Gasteiger partial charge in [-0.15, -0.1) is 0 Å². The molecule has 1 aromatic carbocycles.